The van der Waals surface area contributed by atoms with E-state index in [1.807, 2.05) is 36.4 Å². The van der Waals surface area contributed by atoms with Crippen LogP contribution in [0.2, 0.25) is 0 Å². The molecule has 0 spiro atoms. The maximum Gasteiger partial charge on any atom is 0.359 e. The summed E-state index contributed by atoms with van der Waals surface area (Å²) in [6, 6.07) is 15.6. The second-order valence-corrected chi connectivity index (χ2v) is 5.59. The normalized spacial score (nSPS) is 11.0. The highest BCUT2D eigenvalue weighted by Crippen LogP contribution is 2.18. The molecule has 0 fully saturated rings. The number of para-hydroxylation sites is 1. The second kappa shape index (κ2) is 6.02. The molecule has 3 rings (SSSR count). The predicted octanol–water partition coefficient (Wildman–Crippen LogP) is 4.04. The average Bonchev–Trinajstić information content (AvgIpc) is 2.97. The summed E-state index contributed by atoms with van der Waals surface area (Å²) in [6.07, 6.45) is 0. The Morgan fingerprint density at radius 1 is 1.14 bits per heavy atom. The zero-order valence-corrected chi connectivity index (χ0v) is 12.7. The lowest BCUT2D eigenvalue weighted by Crippen LogP contribution is -2.06. The van der Waals surface area contributed by atoms with Crippen LogP contribution in [-0.2, 0) is 11.3 Å². The summed E-state index contributed by atoms with van der Waals surface area (Å²) in [5.74, 6) is 0.0809. The van der Waals surface area contributed by atoms with Crippen LogP contribution >= 0.6 is 0 Å². The standard InChI is InChI=1S/C18H18N2O2/c1-12(2)14-9-7-13(8-10-14)11-22-18(21)17-15-5-3-4-6-16(15)19-20-17/h3-10,12H,11H2,1-2H3,(H,19,20). The number of nitrogens with one attached hydrogen (secondary N) is 1. The first kappa shape index (κ1) is 14.3. The van der Waals surface area contributed by atoms with Crippen LogP contribution in [0.15, 0.2) is 48.5 Å². The zero-order valence-electron chi connectivity index (χ0n) is 12.7. The van der Waals surface area contributed by atoms with Gasteiger partial charge in [0.05, 0.1) is 5.52 Å². The summed E-state index contributed by atoms with van der Waals surface area (Å²) in [4.78, 5) is 12.2. The first-order chi connectivity index (χ1) is 10.6. The van der Waals surface area contributed by atoms with Crippen molar-refractivity contribution in [2.24, 2.45) is 0 Å². The van der Waals surface area contributed by atoms with E-state index in [9.17, 15) is 4.79 Å². The van der Waals surface area contributed by atoms with Crippen molar-refractivity contribution in [2.75, 3.05) is 0 Å². The number of aromatic amines is 1. The van der Waals surface area contributed by atoms with Crippen LogP contribution in [0.4, 0.5) is 0 Å². The first-order valence-electron chi connectivity index (χ1n) is 7.34. The van der Waals surface area contributed by atoms with Crippen LogP contribution in [-0.4, -0.2) is 16.2 Å². The van der Waals surface area contributed by atoms with Crippen LogP contribution in [0.1, 0.15) is 41.4 Å². The van der Waals surface area contributed by atoms with Crippen LogP contribution in [0.25, 0.3) is 10.9 Å². The number of rotatable bonds is 4. The molecule has 0 unspecified atom stereocenters. The van der Waals surface area contributed by atoms with E-state index in [-0.39, 0.29) is 6.61 Å². The van der Waals surface area contributed by atoms with Gasteiger partial charge in [-0.25, -0.2) is 4.79 Å². The molecule has 0 amide bonds. The maximum absolute atomic E-state index is 12.2. The van der Waals surface area contributed by atoms with Crippen LogP contribution in [0, 0.1) is 0 Å². The van der Waals surface area contributed by atoms with Gasteiger partial charge in [-0.3, -0.25) is 5.10 Å². The number of carbonyl (C=O) groups excluding carboxylic acids is 1. The van der Waals surface area contributed by atoms with Crippen molar-refractivity contribution < 1.29 is 9.53 Å². The summed E-state index contributed by atoms with van der Waals surface area (Å²) < 4.78 is 5.36. The summed E-state index contributed by atoms with van der Waals surface area (Å²) >= 11 is 0. The molecule has 0 aliphatic rings. The molecule has 1 heterocycles. The van der Waals surface area contributed by atoms with Gasteiger partial charge >= 0.3 is 5.97 Å². The van der Waals surface area contributed by atoms with Crippen molar-refractivity contribution in [3.05, 3.63) is 65.4 Å². The number of benzene rings is 2. The largest absolute Gasteiger partial charge is 0.456 e. The highest BCUT2D eigenvalue weighted by molar-refractivity contribution is 6.01. The summed E-state index contributed by atoms with van der Waals surface area (Å²) in [5.41, 5.74) is 3.40. The Kier molecular flexibility index (Phi) is 3.92. The molecule has 0 atom stereocenters. The Labute approximate surface area is 129 Å². The van der Waals surface area contributed by atoms with Gasteiger partial charge in [0.1, 0.15) is 6.61 Å². The molecule has 112 valence electrons. The predicted molar refractivity (Wildman–Crippen MR) is 85.7 cm³/mol. The van der Waals surface area contributed by atoms with E-state index in [4.69, 9.17) is 4.74 Å². The van der Waals surface area contributed by atoms with Gasteiger partial charge in [-0.05, 0) is 23.1 Å². The molecule has 3 aromatic rings. The fraction of sp³-hybridized carbons (Fsp3) is 0.222. The summed E-state index contributed by atoms with van der Waals surface area (Å²) in [5, 5.41) is 7.66. The fourth-order valence-electron chi connectivity index (χ4n) is 2.34. The number of nitrogens with zero attached hydrogens (tertiary/aromatic N) is 1. The molecular weight excluding hydrogens is 276 g/mol. The van der Waals surface area contributed by atoms with E-state index in [0.29, 0.717) is 11.6 Å². The van der Waals surface area contributed by atoms with Crippen molar-refractivity contribution in [1.82, 2.24) is 10.2 Å². The number of hydrogen-bond donors (Lipinski definition) is 1. The number of hydrogen-bond acceptors (Lipinski definition) is 3. The minimum atomic E-state index is -0.412. The van der Waals surface area contributed by atoms with Crippen LogP contribution in [0.3, 0.4) is 0 Å². The van der Waals surface area contributed by atoms with Gasteiger partial charge < -0.3 is 4.74 Å². The van der Waals surface area contributed by atoms with E-state index < -0.39 is 5.97 Å². The number of esters is 1. The Morgan fingerprint density at radius 2 is 1.86 bits per heavy atom. The lowest BCUT2D eigenvalue weighted by molar-refractivity contribution is 0.0468. The highest BCUT2D eigenvalue weighted by Gasteiger charge is 2.15. The monoisotopic (exact) mass is 294 g/mol. The van der Waals surface area contributed by atoms with Crippen LogP contribution < -0.4 is 0 Å². The Hall–Kier alpha value is -2.62. The van der Waals surface area contributed by atoms with Crippen molar-refractivity contribution in [3.8, 4) is 0 Å². The van der Waals surface area contributed by atoms with Crippen LogP contribution in [0.5, 0.6) is 0 Å². The quantitative estimate of drug-likeness (QED) is 0.739. The molecule has 0 saturated carbocycles. The van der Waals surface area contributed by atoms with Crippen molar-refractivity contribution >= 4 is 16.9 Å². The molecule has 22 heavy (non-hydrogen) atoms. The highest BCUT2D eigenvalue weighted by atomic mass is 16.5. The number of ether oxygens (including phenoxy) is 1. The summed E-state index contributed by atoms with van der Waals surface area (Å²) in [7, 11) is 0. The van der Waals surface area contributed by atoms with E-state index in [2.05, 4.69) is 36.2 Å². The molecule has 0 radical (unpaired) electrons. The number of aromatic nitrogens is 2. The van der Waals surface area contributed by atoms with Gasteiger partial charge in [-0.1, -0.05) is 56.3 Å². The topological polar surface area (TPSA) is 55.0 Å². The maximum atomic E-state index is 12.2. The minimum absolute atomic E-state index is 0.248. The van der Waals surface area contributed by atoms with Gasteiger partial charge in [-0.2, -0.15) is 5.10 Å². The third kappa shape index (κ3) is 2.86. The van der Waals surface area contributed by atoms with Gasteiger partial charge in [0.2, 0.25) is 0 Å². The van der Waals surface area contributed by atoms with E-state index in [1.54, 1.807) is 0 Å². The van der Waals surface area contributed by atoms with Gasteiger partial charge in [-0.15, -0.1) is 0 Å². The molecule has 4 heteroatoms. The van der Waals surface area contributed by atoms with E-state index in [0.717, 1.165) is 16.5 Å². The van der Waals surface area contributed by atoms with Gasteiger partial charge in [0.15, 0.2) is 5.69 Å². The lowest BCUT2D eigenvalue weighted by atomic mass is 10.0. The SMILES string of the molecule is CC(C)c1ccc(COC(=O)c2n[nH]c3ccccc23)cc1. The molecule has 1 aromatic heterocycles. The van der Waals surface area contributed by atoms with Gasteiger partial charge in [0.25, 0.3) is 0 Å². The Morgan fingerprint density at radius 3 is 2.59 bits per heavy atom. The molecule has 1 N–H and O–H groups in total. The van der Waals surface area contributed by atoms with Gasteiger partial charge in [0, 0.05) is 5.39 Å². The number of H-pyrrole nitrogens is 1. The molecular formula is C18H18N2O2. The van der Waals surface area contributed by atoms with Crippen molar-refractivity contribution in [1.29, 1.82) is 0 Å². The number of carbonyl (C=O) groups is 1. The minimum Gasteiger partial charge on any atom is -0.456 e. The third-order valence-corrected chi connectivity index (χ3v) is 3.68. The Bertz CT molecular complexity index is 788. The average molecular weight is 294 g/mol. The molecule has 0 bridgehead atoms. The Balaban J connectivity index is 1.69. The molecule has 4 nitrogen and oxygen atoms in total. The molecule has 0 saturated heterocycles. The zero-order chi connectivity index (χ0) is 15.5. The van der Waals surface area contributed by atoms with Crippen molar-refractivity contribution in [2.45, 2.75) is 26.4 Å². The third-order valence-electron chi connectivity index (χ3n) is 3.68. The number of fused-ring (bicyclic) bond motifs is 1. The smallest absolute Gasteiger partial charge is 0.359 e. The molecule has 0 aliphatic carbocycles. The molecule has 0 aliphatic heterocycles. The second-order valence-electron chi connectivity index (χ2n) is 5.59. The first-order valence-corrected chi connectivity index (χ1v) is 7.34. The molecule has 2 aromatic carbocycles. The van der Waals surface area contributed by atoms with E-state index >= 15 is 0 Å². The summed E-state index contributed by atoms with van der Waals surface area (Å²) in [6.45, 7) is 4.55. The van der Waals surface area contributed by atoms with Crippen molar-refractivity contribution in [3.63, 3.8) is 0 Å². The van der Waals surface area contributed by atoms with E-state index in [1.165, 1.54) is 5.56 Å². The lowest BCUT2D eigenvalue weighted by Gasteiger charge is -2.07. The fourth-order valence-corrected chi connectivity index (χ4v) is 2.34.